The van der Waals surface area contributed by atoms with Crippen molar-refractivity contribution in [1.29, 1.82) is 0 Å². The number of para-hydroxylation sites is 1. The molecule has 0 bridgehead atoms. The number of rotatable bonds is 5. The Morgan fingerprint density at radius 3 is 2.70 bits per heavy atom. The second kappa shape index (κ2) is 7.05. The Morgan fingerprint density at radius 2 is 1.93 bits per heavy atom. The molecule has 0 fully saturated rings. The lowest BCUT2D eigenvalue weighted by Crippen LogP contribution is -2.30. The van der Waals surface area contributed by atoms with Crippen LogP contribution in [-0.4, -0.2) is 27.6 Å². The Labute approximate surface area is 154 Å². The number of carbonyl (C=O) groups excluding carboxylic acids is 1. The van der Waals surface area contributed by atoms with Gasteiger partial charge in [0.1, 0.15) is 5.65 Å². The third-order valence-corrected chi connectivity index (χ3v) is 4.48. The Bertz CT molecular complexity index is 1160. The molecule has 1 unspecified atom stereocenters. The number of carbonyl (C=O) groups is 1. The van der Waals surface area contributed by atoms with Crippen LogP contribution in [0, 0.1) is 0 Å². The van der Waals surface area contributed by atoms with Gasteiger partial charge in [0.05, 0.1) is 17.1 Å². The molecule has 7 nitrogen and oxygen atoms in total. The average Bonchev–Trinajstić information content (AvgIpc) is 3.11. The Kier molecular flexibility index (Phi) is 4.43. The van der Waals surface area contributed by atoms with Crippen LogP contribution in [0.2, 0.25) is 0 Å². The number of H-pyrrole nitrogens is 1. The van der Waals surface area contributed by atoms with Gasteiger partial charge in [0, 0.05) is 19.2 Å². The summed E-state index contributed by atoms with van der Waals surface area (Å²) in [5.74, 6) is -0.258. The summed E-state index contributed by atoms with van der Waals surface area (Å²) in [6, 6.07) is 16.5. The molecule has 0 aliphatic heterocycles. The van der Waals surface area contributed by atoms with Crippen LogP contribution >= 0.6 is 0 Å². The van der Waals surface area contributed by atoms with E-state index in [0.717, 1.165) is 5.56 Å². The van der Waals surface area contributed by atoms with E-state index in [0.29, 0.717) is 22.1 Å². The first kappa shape index (κ1) is 17.0. The van der Waals surface area contributed by atoms with Crippen molar-refractivity contribution in [2.75, 3.05) is 7.11 Å². The summed E-state index contributed by atoms with van der Waals surface area (Å²) in [5.41, 5.74) is 2.58. The van der Waals surface area contributed by atoms with Gasteiger partial charge < -0.3 is 15.0 Å². The zero-order chi connectivity index (χ0) is 18.8. The number of hydrogen-bond donors (Lipinski definition) is 2. The maximum atomic E-state index is 12.6. The van der Waals surface area contributed by atoms with Crippen LogP contribution in [0.15, 0.2) is 65.6 Å². The van der Waals surface area contributed by atoms with Gasteiger partial charge >= 0.3 is 0 Å². The van der Waals surface area contributed by atoms with E-state index in [4.69, 9.17) is 4.74 Å². The fraction of sp³-hybridized carbons (Fsp3) is 0.150. The first-order valence-corrected chi connectivity index (χ1v) is 8.52. The molecule has 0 spiro atoms. The molecule has 1 amide bonds. The largest absolute Gasteiger partial charge is 0.367 e. The minimum Gasteiger partial charge on any atom is -0.367 e. The van der Waals surface area contributed by atoms with Crippen LogP contribution in [0.3, 0.4) is 0 Å². The van der Waals surface area contributed by atoms with E-state index in [-0.39, 0.29) is 18.0 Å². The highest BCUT2D eigenvalue weighted by molar-refractivity contribution is 5.83. The zero-order valence-corrected chi connectivity index (χ0v) is 14.7. The Balaban J connectivity index is 1.61. The molecule has 0 saturated carbocycles. The van der Waals surface area contributed by atoms with Gasteiger partial charge in [-0.05, 0) is 17.7 Å². The summed E-state index contributed by atoms with van der Waals surface area (Å²) >= 11 is 0. The smallest absolute Gasteiger partial charge is 0.259 e. The van der Waals surface area contributed by atoms with Gasteiger partial charge in [-0.25, -0.2) is 4.52 Å². The molecule has 2 aromatic heterocycles. The maximum Gasteiger partial charge on any atom is 0.259 e. The summed E-state index contributed by atoms with van der Waals surface area (Å²) < 4.78 is 7.01. The minimum absolute atomic E-state index is 0.190. The molecule has 4 rings (SSSR count). The van der Waals surface area contributed by atoms with Crippen LogP contribution in [0.5, 0.6) is 0 Å². The van der Waals surface area contributed by atoms with E-state index in [1.165, 1.54) is 7.11 Å². The van der Waals surface area contributed by atoms with Crippen LogP contribution in [0.4, 0.5) is 0 Å². The molecule has 0 saturated heterocycles. The highest BCUT2D eigenvalue weighted by atomic mass is 16.5. The quantitative estimate of drug-likeness (QED) is 0.570. The number of fused-ring (bicyclic) bond motifs is 3. The Hall–Kier alpha value is -3.45. The second-order valence-corrected chi connectivity index (χ2v) is 6.15. The lowest BCUT2D eigenvalue weighted by molar-refractivity contribution is -0.131. The number of nitrogens with zero attached hydrogens (tertiary/aromatic N) is 2. The molecule has 0 radical (unpaired) electrons. The number of amides is 1. The highest BCUT2D eigenvalue weighted by Gasteiger charge is 2.20. The molecule has 2 aromatic carbocycles. The normalized spacial score (nSPS) is 12.3. The van der Waals surface area contributed by atoms with Crippen LogP contribution < -0.4 is 10.9 Å². The molecule has 2 heterocycles. The zero-order valence-electron chi connectivity index (χ0n) is 14.7. The number of hydrogen-bond acceptors (Lipinski definition) is 4. The lowest BCUT2D eigenvalue weighted by Gasteiger charge is -2.15. The molecule has 0 aliphatic rings. The number of ether oxygens (including phenoxy) is 1. The molecule has 1 atom stereocenters. The molecular weight excluding hydrogens is 344 g/mol. The predicted molar refractivity (Wildman–Crippen MR) is 101 cm³/mol. The first-order valence-electron chi connectivity index (χ1n) is 8.52. The third kappa shape index (κ3) is 3.09. The maximum absolute atomic E-state index is 12.6. The number of aromatic nitrogens is 3. The van der Waals surface area contributed by atoms with Gasteiger partial charge in [0.2, 0.25) is 0 Å². The minimum atomic E-state index is -0.701. The standard InChI is InChI=1S/C20H18N4O3/c1-27-17(13-7-3-2-4-8-13)20(26)21-11-14-12-22-24-16-10-6-5-9-15(16)19(25)23-18(14)24/h2-10,12,17H,11H2,1H3,(H,21,26)(H,23,25). The van der Waals surface area contributed by atoms with Crippen LogP contribution in [0.1, 0.15) is 17.2 Å². The summed E-state index contributed by atoms with van der Waals surface area (Å²) in [7, 11) is 1.50. The van der Waals surface area contributed by atoms with Gasteiger partial charge in [0.25, 0.3) is 11.5 Å². The first-order chi connectivity index (χ1) is 13.2. The van der Waals surface area contributed by atoms with Crippen molar-refractivity contribution in [3.05, 3.63) is 82.3 Å². The molecule has 4 aromatic rings. The van der Waals surface area contributed by atoms with Gasteiger partial charge in [-0.1, -0.05) is 42.5 Å². The Morgan fingerprint density at radius 1 is 1.19 bits per heavy atom. The summed E-state index contributed by atoms with van der Waals surface area (Å²) in [5, 5.41) is 7.77. The molecule has 27 heavy (non-hydrogen) atoms. The van der Waals surface area contributed by atoms with Crippen molar-refractivity contribution >= 4 is 22.5 Å². The second-order valence-electron chi connectivity index (χ2n) is 6.15. The fourth-order valence-electron chi connectivity index (χ4n) is 3.15. The molecule has 136 valence electrons. The predicted octanol–water partition coefficient (Wildman–Crippen LogP) is 2.18. The molecular formula is C20H18N4O3. The highest BCUT2D eigenvalue weighted by Crippen LogP contribution is 2.17. The van der Waals surface area contributed by atoms with Crippen molar-refractivity contribution in [2.45, 2.75) is 12.6 Å². The van der Waals surface area contributed by atoms with E-state index in [9.17, 15) is 9.59 Å². The van der Waals surface area contributed by atoms with Crippen molar-refractivity contribution in [3.63, 3.8) is 0 Å². The van der Waals surface area contributed by atoms with E-state index in [2.05, 4.69) is 15.4 Å². The van der Waals surface area contributed by atoms with E-state index in [1.54, 1.807) is 16.8 Å². The summed E-state index contributed by atoms with van der Waals surface area (Å²) in [6.07, 6.45) is 0.940. The number of methoxy groups -OCH3 is 1. The van der Waals surface area contributed by atoms with E-state index < -0.39 is 6.10 Å². The molecule has 7 heteroatoms. The van der Waals surface area contributed by atoms with Crippen LogP contribution in [0.25, 0.3) is 16.6 Å². The van der Waals surface area contributed by atoms with Crippen molar-refractivity contribution in [1.82, 2.24) is 19.9 Å². The number of aromatic amines is 1. The molecule has 0 aliphatic carbocycles. The number of benzene rings is 2. The molecule has 2 N–H and O–H groups in total. The van der Waals surface area contributed by atoms with Crippen molar-refractivity contribution in [3.8, 4) is 0 Å². The van der Waals surface area contributed by atoms with Crippen molar-refractivity contribution in [2.24, 2.45) is 0 Å². The van der Waals surface area contributed by atoms with Crippen molar-refractivity contribution < 1.29 is 9.53 Å². The topological polar surface area (TPSA) is 88.5 Å². The van der Waals surface area contributed by atoms with Gasteiger partial charge in [0.15, 0.2) is 6.10 Å². The lowest BCUT2D eigenvalue weighted by atomic mass is 10.1. The fourth-order valence-corrected chi connectivity index (χ4v) is 3.15. The average molecular weight is 362 g/mol. The third-order valence-electron chi connectivity index (χ3n) is 4.48. The van der Waals surface area contributed by atoms with Crippen LogP contribution in [-0.2, 0) is 16.1 Å². The summed E-state index contributed by atoms with van der Waals surface area (Å²) in [4.78, 5) is 27.7. The van der Waals surface area contributed by atoms with Gasteiger partial charge in [-0.2, -0.15) is 5.10 Å². The van der Waals surface area contributed by atoms with Gasteiger partial charge in [-0.3, -0.25) is 9.59 Å². The SMILES string of the molecule is COC(C(=O)NCc1cnn2c1[nH]c(=O)c1ccccc12)c1ccccc1. The van der Waals surface area contributed by atoms with Gasteiger partial charge in [-0.15, -0.1) is 0 Å². The van der Waals surface area contributed by atoms with E-state index >= 15 is 0 Å². The monoisotopic (exact) mass is 362 g/mol. The summed E-state index contributed by atoms with van der Waals surface area (Å²) in [6.45, 7) is 0.226. The van der Waals surface area contributed by atoms with E-state index in [1.807, 2.05) is 48.5 Å². The number of nitrogens with one attached hydrogen (secondary N) is 2.